The van der Waals surface area contributed by atoms with E-state index in [0.29, 0.717) is 12.1 Å². The maximum atomic E-state index is 12.4. The Kier molecular flexibility index (Phi) is 3.98. The zero-order chi connectivity index (χ0) is 17.2. The highest BCUT2D eigenvalue weighted by molar-refractivity contribution is 5.97. The van der Waals surface area contributed by atoms with E-state index in [2.05, 4.69) is 10.3 Å². The molecule has 25 heavy (non-hydrogen) atoms. The molecule has 0 radical (unpaired) electrons. The van der Waals surface area contributed by atoms with E-state index in [9.17, 15) is 4.79 Å². The summed E-state index contributed by atoms with van der Waals surface area (Å²) in [4.78, 5) is 16.7. The van der Waals surface area contributed by atoms with Crippen molar-refractivity contribution in [2.45, 2.75) is 26.2 Å². The zero-order valence-corrected chi connectivity index (χ0v) is 13.9. The lowest BCUT2D eigenvalue weighted by atomic mass is 10.1. The van der Waals surface area contributed by atoms with Crippen molar-refractivity contribution < 1.29 is 14.3 Å². The summed E-state index contributed by atoms with van der Waals surface area (Å²) in [5.41, 5.74) is 2.46. The maximum absolute atomic E-state index is 12.4. The number of nitrogens with one attached hydrogen (secondary N) is 1. The zero-order valence-electron chi connectivity index (χ0n) is 13.9. The molecular formula is C20H18N2O3. The molecule has 0 bridgehead atoms. The Morgan fingerprint density at radius 1 is 1.12 bits per heavy atom. The SMILES string of the molecule is CC[C@@H]1Oc2ccc(CNC(=O)c3ccc4ncccc4c3)cc2O1. The molecule has 2 heterocycles. The number of hydrogen-bond donors (Lipinski definition) is 1. The number of pyridine rings is 1. The smallest absolute Gasteiger partial charge is 0.251 e. The molecule has 0 spiro atoms. The fourth-order valence-electron chi connectivity index (χ4n) is 2.83. The predicted molar refractivity (Wildman–Crippen MR) is 94.7 cm³/mol. The summed E-state index contributed by atoms with van der Waals surface area (Å²) in [5, 5.41) is 3.89. The van der Waals surface area contributed by atoms with Gasteiger partial charge in [0.05, 0.1) is 5.52 Å². The Labute approximate surface area is 145 Å². The fourth-order valence-corrected chi connectivity index (χ4v) is 2.83. The van der Waals surface area contributed by atoms with E-state index in [-0.39, 0.29) is 12.2 Å². The van der Waals surface area contributed by atoms with Crippen molar-refractivity contribution in [2.24, 2.45) is 0 Å². The average molecular weight is 334 g/mol. The molecule has 5 nitrogen and oxygen atoms in total. The minimum atomic E-state index is -0.217. The number of carbonyl (C=O) groups excluding carboxylic acids is 1. The minimum absolute atomic E-state index is 0.116. The van der Waals surface area contributed by atoms with Gasteiger partial charge < -0.3 is 14.8 Å². The van der Waals surface area contributed by atoms with E-state index >= 15 is 0 Å². The van der Waals surface area contributed by atoms with Crippen molar-refractivity contribution in [3.8, 4) is 11.5 Å². The van der Waals surface area contributed by atoms with Crippen LogP contribution in [0.4, 0.5) is 0 Å². The molecule has 4 rings (SSSR count). The van der Waals surface area contributed by atoms with Gasteiger partial charge in [-0.05, 0) is 42.0 Å². The summed E-state index contributed by atoms with van der Waals surface area (Å²) in [6, 6.07) is 15.0. The van der Waals surface area contributed by atoms with Crippen molar-refractivity contribution in [3.05, 3.63) is 65.9 Å². The van der Waals surface area contributed by atoms with Crippen molar-refractivity contribution in [2.75, 3.05) is 0 Å². The van der Waals surface area contributed by atoms with Gasteiger partial charge in [0.15, 0.2) is 11.5 Å². The van der Waals surface area contributed by atoms with Crippen LogP contribution in [0.15, 0.2) is 54.7 Å². The van der Waals surface area contributed by atoms with E-state index in [1.165, 1.54) is 0 Å². The molecule has 1 N–H and O–H groups in total. The number of carbonyl (C=O) groups is 1. The molecule has 126 valence electrons. The lowest BCUT2D eigenvalue weighted by Gasteiger charge is -2.07. The number of fused-ring (bicyclic) bond motifs is 2. The molecule has 1 atom stereocenters. The Morgan fingerprint density at radius 2 is 2.00 bits per heavy atom. The lowest BCUT2D eigenvalue weighted by molar-refractivity contribution is 0.0464. The van der Waals surface area contributed by atoms with E-state index < -0.39 is 0 Å². The van der Waals surface area contributed by atoms with Crippen molar-refractivity contribution in [1.29, 1.82) is 0 Å². The highest BCUT2D eigenvalue weighted by Crippen LogP contribution is 2.36. The van der Waals surface area contributed by atoms with Crippen LogP contribution in [0.25, 0.3) is 10.9 Å². The number of amides is 1. The van der Waals surface area contributed by atoms with Gasteiger partial charge in [0.2, 0.25) is 6.29 Å². The van der Waals surface area contributed by atoms with Gasteiger partial charge in [-0.2, -0.15) is 0 Å². The number of hydrogen-bond acceptors (Lipinski definition) is 4. The fraction of sp³-hybridized carbons (Fsp3) is 0.200. The molecule has 0 saturated carbocycles. The first kappa shape index (κ1) is 15.4. The number of nitrogens with zero attached hydrogens (tertiary/aromatic N) is 1. The Hall–Kier alpha value is -3.08. The number of ether oxygens (including phenoxy) is 2. The summed E-state index contributed by atoms with van der Waals surface area (Å²) >= 11 is 0. The normalized spacial score (nSPS) is 15.3. The van der Waals surface area contributed by atoms with E-state index in [4.69, 9.17) is 9.47 Å². The van der Waals surface area contributed by atoms with Gasteiger partial charge in [-0.1, -0.05) is 19.1 Å². The summed E-state index contributed by atoms with van der Waals surface area (Å²) in [6.45, 7) is 2.44. The quantitative estimate of drug-likeness (QED) is 0.791. The summed E-state index contributed by atoms with van der Waals surface area (Å²) in [5.74, 6) is 1.37. The maximum Gasteiger partial charge on any atom is 0.251 e. The van der Waals surface area contributed by atoms with Crippen LogP contribution in [0.1, 0.15) is 29.3 Å². The topological polar surface area (TPSA) is 60.5 Å². The highest BCUT2D eigenvalue weighted by Gasteiger charge is 2.22. The molecule has 1 amide bonds. The Bertz CT molecular complexity index is 939. The van der Waals surface area contributed by atoms with Gasteiger partial charge in [0.1, 0.15) is 0 Å². The second kappa shape index (κ2) is 6.43. The molecular weight excluding hydrogens is 316 g/mol. The van der Waals surface area contributed by atoms with Gasteiger partial charge in [-0.3, -0.25) is 9.78 Å². The summed E-state index contributed by atoms with van der Waals surface area (Å²) in [6.07, 6.45) is 2.31. The number of benzene rings is 2. The van der Waals surface area contributed by atoms with Crippen LogP contribution in [-0.4, -0.2) is 17.2 Å². The highest BCUT2D eigenvalue weighted by atomic mass is 16.7. The molecule has 3 aromatic rings. The molecule has 2 aromatic carbocycles. The van der Waals surface area contributed by atoms with Gasteiger partial charge in [0, 0.05) is 30.1 Å². The molecule has 0 fully saturated rings. The third kappa shape index (κ3) is 3.13. The molecule has 1 aliphatic heterocycles. The Balaban J connectivity index is 1.45. The van der Waals surface area contributed by atoms with Crippen LogP contribution in [0.5, 0.6) is 11.5 Å². The second-order valence-corrected chi connectivity index (χ2v) is 5.95. The standard InChI is InChI=1S/C20H18N2O3/c1-2-19-24-17-8-5-13(10-18(17)25-19)12-22-20(23)15-6-7-16-14(11-15)4-3-9-21-16/h3-11,19H,2,12H2,1H3,(H,22,23)/t19-/m1/s1. The first-order valence-electron chi connectivity index (χ1n) is 8.32. The molecule has 1 aromatic heterocycles. The molecule has 1 aliphatic rings. The third-order valence-electron chi connectivity index (χ3n) is 4.18. The lowest BCUT2D eigenvalue weighted by Crippen LogP contribution is -2.22. The largest absolute Gasteiger partial charge is 0.451 e. The first-order chi connectivity index (χ1) is 12.2. The van der Waals surface area contributed by atoms with Gasteiger partial charge in [-0.15, -0.1) is 0 Å². The van der Waals surface area contributed by atoms with Gasteiger partial charge in [-0.25, -0.2) is 0 Å². The molecule has 5 heteroatoms. The van der Waals surface area contributed by atoms with Crippen LogP contribution >= 0.6 is 0 Å². The second-order valence-electron chi connectivity index (χ2n) is 5.95. The van der Waals surface area contributed by atoms with Crippen LogP contribution < -0.4 is 14.8 Å². The van der Waals surface area contributed by atoms with Gasteiger partial charge >= 0.3 is 0 Å². The predicted octanol–water partition coefficient (Wildman–Crippen LogP) is 3.67. The Morgan fingerprint density at radius 3 is 2.88 bits per heavy atom. The molecule has 0 aliphatic carbocycles. The van der Waals surface area contributed by atoms with Crippen LogP contribution in [0, 0.1) is 0 Å². The van der Waals surface area contributed by atoms with E-state index in [1.54, 1.807) is 12.3 Å². The first-order valence-corrected chi connectivity index (χ1v) is 8.32. The molecule has 0 unspecified atom stereocenters. The average Bonchev–Trinajstić information content (AvgIpc) is 3.08. The van der Waals surface area contributed by atoms with Crippen LogP contribution in [0.3, 0.4) is 0 Å². The van der Waals surface area contributed by atoms with Crippen molar-refractivity contribution >= 4 is 16.8 Å². The molecule has 0 saturated heterocycles. The van der Waals surface area contributed by atoms with E-state index in [1.807, 2.05) is 49.4 Å². The van der Waals surface area contributed by atoms with E-state index in [0.717, 1.165) is 34.4 Å². The number of aromatic nitrogens is 1. The van der Waals surface area contributed by atoms with Crippen LogP contribution in [0.2, 0.25) is 0 Å². The van der Waals surface area contributed by atoms with Crippen molar-refractivity contribution in [3.63, 3.8) is 0 Å². The monoisotopic (exact) mass is 334 g/mol. The van der Waals surface area contributed by atoms with Crippen LogP contribution in [-0.2, 0) is 6.54 Å². The number of rotatable bonds is 4. The van der Waals surface area contributed by atoms with Gasteiger partial charge in [0.25, 0.3) is 5.91 Å². The summed E-state index contributed by atoms with van der Waals surface area (Å²) in [7, 11) is 0. The summed E-state index contributed by atoms with van der Waals surface area (Å²) < 4.78 is 11.3. The minimum Gasteiger partial charge on any atom is -0.451 e. The third-order valence-corrected chi connectivity index (χ3v) is 4.18. The van der Waals surface area contributed by atoms with Crippen molar-refractivity contribution in [1.82, 2.24) is 10.3 Å².